The molecule has 0 bridgehead atoms. The molecule has 1 aromatic heterocycles. The smallest absolute Gasteiger partial charge is 0.256 e. The highest BCUT2D eigenvalue weighted by atomic mass is 16.1. The molecule has 0 atom stereocenters. The normalized spacial score (nSPS) is 10.5. The molecule has 0 saturated heterocycles. The Balaban J connectivity index is 2.92. The van der Waals surface area contributed by atoms with Crippen molar-refractivity contribution >= 4 is 5.82 Å². The molecule has 5 N–H and O–H groups in total. The van der Waals surface area contributed by atoms with Crippen molar-refractivity contribution in [2.75, 3.05) is 12.3 Å². The van der Waals surface area contributed by atoms with E-state index in [-0.39, 0.29) is 5.56 Å². The number of anilines is 1. The van der Waals surface area contributed by atoms with Crippen LogP contribution in [0.25, 0.3) is 0 Å². The molecule has 0 aliphatic carbocycles. The van der Waals surface area contributed by atoms with E-state index < -0.39 is 0 Å². The molecule has 1 rings (SSSR count). The Morgan fingerprint density at radius 1 is 1.40 bits per heavy atom. The van der Waals surface area contributed by atoms with Crippen LogP contribution in [-0.4, -0.2) is 16.5 Å². The average Bonchev–Trinajstić information content (AvgIpc) is 2.20. The van der Waals surface area contributed by atoms with Crippen LogP contribution < -0.4 is 17.0 Å². The summed E-state index contributed by atoms with van der Waals surface area (Å²) >= 11 is 0. The first-order chi connectivity index (χ1) is 7.19. The van der Waals surface area contributed by atoms with Crippen LogP contribution in [0.1, 0.15) is 31.2 Å². The molecule has 0 unspecified atom stereocenters. The maximum absolute atomic E-state index is 11.6. The predicted molar refractivity (Wildman–Crippen MR) is 60.6 cm³/mol. The fraction of sp³-hybridized carbons (Fsp3) is 0.600. The Kier molecular flexibility index (Phi) is 4.30. The summed E-state index contributed by atoms with van der Waals surface area (Å²) in [5.74, 6) is 0.982. The predicted octanol–water partition coefficient (Wildman–Crippen LogP) is 0.196. The van der Waals surface area contributed by atoms with Crippen molar-refractivity contribution in [2.45, 2.75) is 32.6 Å². The average molecular weight is 210 g/mol. The first-order valence-corrected chi connectivity index (χ1v) is 5.26. The SMILES string of the molecule is CCCc1c(N)nc(CCCN)[nH]c1=O. The van der Waals surface area contributed by atoms with Crippen molar-refractivity contribution in [2.24, 2.45) is 5.73 Å². The number of aryl methyl sites for hydroxylation is 1. The Hall–Kier alpha value is -1.36. The third-order valence-electron chi connectivity index (χ3n) is 2.21. The number of H-pyrrole nitrogens is 1. The molecule has 5 nitrogen and oxygen atoms in total. The summed E-state index contributed by atoms with van der Waals surface area (Å²) in [5, 5.41) is 0. The summed E-state index contributed by atoms with van der Waals surface area (Å²) in [6, 6.07) is 0. The molecule has 0 amide bonds. The lowest BCUT2D eigenvalue weighted by Gasteiger charge is -2.05. The third-order valence-corrected chi connectivity index (χ3v) is 2.21. The second-order valence-corrected chi connectivity index (χ2v) is 3.52. The molecule has 1 aromatic rings. The lowest BCUT2D eigenvalue weighted by Crippen LogP contribution is -2.20. The van der Waals surface area contributed by atoms with Crippen molar-refractivity contribution in [3.8, 4) is 0 Å². The van der Waals surface area contributed by atoms with E-state index in [0.29, 0.717) is 36.6 Å². The molecule has 5 heteroatoms. The highest BCUT2D eigenvalue weighted by Gasteiger charge is 2.07. The minimum atomic E-state index is -0.114. The molecule has 84 valence electrons. The number of nitrogen functional groups attached to an aromatic ring is 1. The van der Waals surface area contributed by atoms with Crippen molar-refractivity contribution in [3.63, 3.8) is 0 Å². The highest BCUT2D eigenvalue weighted by Crippen LogP contribution is 2.06. The van der Waals surface area contributed by atoms with E-state index >= 15 is 0 Å². The Morgan fingerprint density at radius 3 is 2.67 bits per heavy atom. The number of aromatic nitrogens is 2. The first-order valence-electron chi connectivity index (χ1n) is 5.26. The number of hydrogen-bond acceptors (Lipinski definition) is 4. The van der Waals surface area contributed by atoms with Gasteiger partial charge in [0.2, 0.25) is 0 Å². The van der Waals surface area contributed by atoms with Crippen LogP contribution in [0.2, 0.25) is 0 Å². The van der Waals surface area contributed by atoms with Gasteiger partial charge in [0.25, 0.3) is 5.56 Å². The van der Waals surface area contributed by atoms with Gasteiger partial charge in [-0.1, -0.05) is 13.3 Å². The van der Waals surface area contributed by atoms with Gasteiger partial charge in [-0.3, -0.25) is 4.79 Å². The zero-order chi connectivity index (χ0) is 11.3. The van der Waals surface area contributed by atoms with Crippen LogP contribution in [0.5, 0.6) is 0 Å². The molecule has 0 spiro atoms. The molecule has 0 saturated carbocycles. The minimum Gasteiger partial charge on any atom is -0.383 e. The van der Waals surface area contributed by atoms with Crippen LogP contribution in [0.4, 0.5) is 5.82 Å². The lowest BCUT2D eigenvalue weighted by molar-refractivity contribution is 0.767. The fourth-order valence-electron chi connectivity index (χ4n) is 1.44. The maximum atomic E-state index is 11.6. The number of rotatable bonds is 5. The zero-order valence-electron chi connectivity index (χ0n) is 9.05. The molecule has 0 aromatic carbocycles. The molecular formula is C10H18N4O. The first kappa shape index (κ1) is 11.7. The monoisotopic (exact) mass is 210 g/mol. The van der Waals surface area contributed by atoms with Gasteiger partial charge in [0.15, 0.2) is 0 Å². The number of aromatic amines is 1. The maximum Gasteiger partial charge on any atom is 0.256 e. The quantitative estimate of drug-likeness (QED) is 0.646. The molecule has 0 aliphatic heterocycles. The Morgan fingerprint density at radius 2 is 2.13 bits per heavy atom. The largest absolute Gasteiger partial charge is 0.383 e. The second kappa shape index (κ2) is 5.50. The van der Waals surface area contributed by atoms with Crippen molar-refractivity contribution in [1.82, 2.24) is 9.97 Å². The Bertz CT molecular complexity index is 372. The number of nitrogens with zero attached hydrogens (tertiary/aromatic N) is 1. The van der Waals surface area contributed by atoms with Gasteiger partial charge in [0, 0.05) is 6.42 Å². The van der Waals surface area contributed by atoms with Gasteiger partial charge in [0.05, 0.1) is 5.56 Å². The van der Waals surface area contributed by atoms with E-state index in [1.165, 1.54) is 0 Å². The lowest BCUT2D eigenvalue weighted by atomic mass is 10.2. The number of nitrogens with one attached hydrogen (secondary N) is 1. The molecule has 0 aliphatic rings. The molecular weight excluding hydrogens is 192 g/mol. The topological polar surface area (TPSA) is 97.8 Å². The van der Waals surface area contributed by atoms with Crippen molar-refractivity contribution in [3.05, 3.63) is 21.7 Å². The molecule has 0 fully saturated rings. The fourth-order valence-corrected chi connectivity index (χ4v) is 1.44. The van der Waals surface area contributed by atoms with E-state index in [1.54, 1.807) is 0 Å². The standard InChI is InChI=1S/C10H18N4O/c1-2-4-7-9(12)13-8(5-3-6-11)14-10(7)15/h2-6,11H2,1H3,(H3,12,13,14,15). The second-order valence-electron chi connectivity index (χ2n) is 3.52. The van der Waals surface area contributed by atoms with E-state index in [9.17, 15) is 4.79 Å². The zero-order valence-corrected chi connectivity index (χ0v) is 9.05. The van der Waals surface area contributed by atoms with Gasteiger partial charge in [-0.05, 0) is 19.4 Å². The summed E-state index contributed by atoms with van der Waals surface area (Å²) in [7, 11) is 0. The molecule has 15 heavy (non-hydrogen) atoms. The van der Waals surface area contributed by atoms with E-state index in [1.807, 2.05) is 6.92 Å². The summed E-state index contributed by atoms with van der Waals surface area (Å²) in [4.78, 5) is 18.5. The summed E-state index contributed by atoms with van der Waals surface area (Å²) < 4.78 is 0. The third kappa shape index (κ3) is 3.06. The van der Waals surface area contributed by atoms with Crippen molar-refractivity contribution < 1.29 is 0 Å². The van der Waals surface area contributed by atoms with Crippen LogP contribution in [-0.2, 0) is 12.8 Å². The van der Waals surface area contributed by atoms with Crippen LogP contribution in [0.3, 0.4) is 0 Å². The van der Waals surface area contributed by atoms with Gasteiger partial charge in [0.1, 0.15) is 11.6 Å². The van der Waals surface area contributed by atoms with Crippen LogP contribution in [0, 0.1) is 0 Å². The van der Waals surface area contributed by atoms with Gasteiger partial charge in [-0.25, -0.2) is 4.98 Å². The molecule has 1 heterocycles. The summed E-state index contributed by atoms with van der Waals surface area (Å²) in [6.45, 7) is 2.58. The van der Waals surface area contributed by atoms with Crippen molar-refractivity contribution in [1.29, 1.82) is 0 Å². The van der Waals surface area contributed by atoms with Gasteiger partial charge in [-0.15, -0.1) is 0 Å². The van der Waals surface area contributed by atoms with Gasteiger partial charge >= 0.3 is 0 Å². The highest BCUT2D eigenvalue weighted by molar-refractivity contribution is 5.37. The molecule has 0 radical (unpaired) electrons. The van der Waals surface area contributed by atoms with Gasteiger partial charge in [-0.2, -0.15) is 0 Å². The van der Waals surface area contributed by atoms with Crippen LogP contribution in [0.15, 0.2) is 4.79 Å². The van der Waals surface area contributed by atoms with Crippen LogP contribution >= 0.6 is 0 Å². The number of nitrogens with two attached hydrogens (primary N) is 2. The van der Waals surface area contributed by atoms with Gasteiger partial charge < -0.3 is 16.5 Å². The van der Waals surface area contributed by atoms with E-state index in [0.717, 1.165) is 12.8 Å². The van der Waals surface area contributed by atoms with E-state index in [4.69, 9.17) is 11.5 Å². The minimum absolute atomic E-state index is 0.114. The number of hydrogen-bond donors (Lipinski definition) is 3. The van der Waals surface area contributed by atoms with E-state index in [2.05, 4.69) is 9.97 Å². The summed E-state index contributed by atoms with van der Waals surface area (Å²) in [6.07, 6.45) is 3.03. The Labute approximate surface area is 88.9 Å². The summed E-state index contributed by atoms with van der Waals surface area (Å²) in [5.41, 5.74) is 11.6.